The van der Waals surface area contributed by atoms with Crippen molar-refractivity contribution in [2.45, 2.75) is 17.7 Å². The zero-order valence-electron chi connectivity index (χ0n) is 11.3. The molecule has 0 spiro atoms. The topological polar surface area (TPSA) is 89.7 Å². The van der Waals surface area contributed by atoms with Gasteiger partial charge in [-0.05, 0) is 24.6 Å². The number of ether oxygens (including phenoxy) is 1. The Kier molecular flexibility index (Phi) is 5.46. The maximum absolute atomic E-state index is 13.1. The number of hydrogen-bond acceptors (Lipinski definition) is 5. The highest BCUT2D eigenvalue weighted by atomic mass is 32.2. The standard InChI is InChI=1S/C12H17FN2O4S/c1-15(7-3-4-12(16)19-2)20(17,18)11-8-9(13)5-6-10(11)14/h5-6,8H,3-4,7,14H2,1-2H3. The number of nitrogen functional groups attached to an aromatic ring is 1. The normalized spacial score (nSPS) is 11.6. The summed E-state index contributed by atoms with van der Waals surface area (Å²) in [5.74, 6) is -1.10. The van der Waals surface area contributed by atoms with Gasteiger partial charge in [-0.2, -0.15) is 0 Å². The molecule has 0 aliphatic carbocycles. The largest absolute Gasteiger partial charge is 0.469 e. The molecule has 0 atom stereocenters. The summed E-state index contributed by atoms with van der Waals surface area (Å²) in [5, 5.41) is 0. The van der Waals surface area contributed by atoms with Gasteiger partial charge in [0.05, 0.1) is 12.8 Å². The minimum atomic E-state index is -3.88. The van der Waals surface area contributed by atoms with Crippen molar-refractivity contribution in [1.82, 2.24) is 4.31 Å². The number of sulfonamides is 1. The zero-order chi connectivity index (χ0) is 15.3. The lowest BCUT2D eigenvalue weighted by Gasteiger charge is -2.18. The summed E-state index contributed by atoms with van der Waals surface area (Å²) in [5.41, 5.74) is 5.54. The van der Waals surface area contributed by atoms with E-state index in [1.807, 2.05) is 0 Å². The first-order chi connectivity index (χ1) is 9.28. The van der Waals surface area contributed by atoms with Crippen LogP contribution in [-0.4, -0.2) is 39.4 Å². The van der Waals surface area contributed by atoms with Gasteiger partial charge in [-0.15, -0.1) is 0 Å². The number of methoxy groups -OCH3 is 1. The fourth-order valence-electron chi connectivity index (χ4n) is 1.57. The average molecular weight is 304 g/mol. The highest BCUT2D eigenvalue weighted by Gasteiger charge is 2.23. The molecule has 1 aromatic carbocycles. The third-order valence-corrected chi connectivity index (χ3v) is 4.66. The Balaban J connectivity index is 2.82. The van der Waals surface area contributed by atoms with Crippen molar-refractivity contribution in [2.24, 2.45) is 0 Å². The van der Waals surface area contributed by atoms with Gasteiger partial charge in [0, 0.05) is 20.0 Å². The second kappa shape index (κ2) is 6.67. The number of nitrogens with two attached hydrogens (primary N) is 1. The van der Waals surface area contributed by atoms with Gasteiger partial charge in [0.25, 0.3) is 0 Å². The van der Waals surface area contributed by atoms with Crippen LogP contribution in [0.3, 0.4) is 0 Å². The van der Waals surface area contributed by atoms with Gasteiger partial charge in [0.15, 0.2) is 0 Å². The number of benzene rings is 1. The van der Waals surface area contributed by atoms with Crippen molar-refractivity contribution < 1.29 is 22.3 Å². The lowest BCUT2D eigenvalue weighted by Crippen LogP contribution is -2.29. The van der Waals surface area contributed by atoms with Gasteiger partial charge >= 0.3 is 5.97 Å². The summed E-state index contributed by atoms with van der Waals surface area (Å²) in [7, 11) is -1.28. The van der Waals surface area contributed by atoms with E-state index >= 15 is 0 Å². The highest BCUT2D eigenvalue weighted by molar-refractivity contribution is 7.89. The summed E-state index contributed by atoms with van der Waals surface area (Å²) in [6.07, 6.45) is 0.409. The monoisotopic (exact) mass is 304 g/mol. The molecule has 8 heteroatoms. The van der Waals surface area contributed by atoms with Crippen LogP contribution in [-0.2, 0) is 19.6 Å². The minimum Gasteiger partial charge on any atom is -0.469 e. The third-order valence-electron chi connectivity index (χ3n) is 2.75. The van der Waals surface area contributed by atoms with Gasteiger partial charge in [-0.3, -0.25) is 4.79 Å². The molecule has 6 nitrogen and oxygen atoms in total. The molecule has 20 heavy (non-hydrogen) atoms. The number of esters is 1. The molecular formula is C12H17FN2O4S. The van der Waals surface area contributed by atoms with Gasteiger partial charge < -0.3 is 10.5 Å². The van der Waals surface area contributed by atoms with Crippen LogP contribution >= 0.6 is 0 Å². The van der Waals surface area contributed by atoms with E-state index in [1.54, 1.807) is 0 Å². The number of nitrogens with zero attached hydrogens (tertiary/aromatic N) is 1. The smallest absolute Gasteiger partial charge is 0.305 e. The molecule has 0 radical (unpaired) electrons. The van der Waals surface area contributed by atoms with Crippen molar-refractivity contribution in [3.05, 3.63) is 24.0 Å². The molecule has 0 aliphatic heterocycles. The summed E-state index contributed by atoms with van der Waals surface area (Å²) in [6, 6.07) is 3.16. The van der Waals surface area contributed by atoms with Crippen LogP contribution in [0.5, 0.6) is 0 Å². The maximum atomic E-state index is 13.1. The molecule has 1 aromatic rings. The summed E-state index contributed by atoms with van der Waals surface area (Å²) >= 11 is 0. The lowest BCUT2D eigenvalue weighted by atomic mass is 10.3. The average Bonchev–Trinajstić information content (AvgIpc) is 2.40. The first-order valence-corrected chi connectivity index (χ1v) is 7.31. The Bertz CT molecular complexity index is 589. The van der Waals surface area contributed by atoms with Crippen LogP contribution in [0.4, 0.5) is 10.1 Å². The van der Waals surface area contributed by atoms with E-state index in [1.165, 1.54) is 20.2 Å². The van der Waals surface area contributed by atoms with E-state index in [4.69, 9.17) is 5.73 Å². The summed E-state index contributed by atoms with van der Waals surface area (Å²) in [4.78, 5) is 10.7. The van der Waals surface area contributed by atoms with E-state index in [-0.39, 0.29) is 23.5 Å². The number of rotatable bonds is 6. The van der Waals surface area contributed by atoms with Crippen LogP contribution in [0, 0.1) is 5.82 Å². The van der Waals surface area contributed by atoms with Gasteiger partial charge in [-0.1, -0.05) is 0 Å². The first kappa shape index (κ1) is 16.4. The molecule has 1 rings (SSSR count). The molecule has 2 N–H and O–H groups in total. The highest BCUT2D eigenvalue weighted by Crippen LogP contribution is 2.22. The van der Waals surface area contributed by atoms with Crippen molar-refractivity contribution in [1.29, 1.82) is 0 Å². The Labute approximate surface area is 117 Å². The molecule has 0 aromatic heterocycles. The van der Waals surface area contributed by atoms with E-state index in [2.05, 4.69) is 4.74 Å². The molecule has 0 saturated carbocycles. The molecule has 0 saturated heterocycles. The van der Waals surface area contributed by atoms with Crippen LogP contribution < -0.4 is 5.73 Å². The molecule has 0 amide bonds. The quantitative estimate of drug-likeness (QED) is 0.625. The number of hydrogen-bond donors (Lipinski definition) is 1. The third kappa shape index (κ3) is 3.91. The van der Waals surface area contributed by atoms with Crippen LogP contribution in [0.25, 0.3) is 0 Å². The first-order valence-electron chi connectivity index (χ1n) is 5.87. The van der Waals surface area contributed by atoms with E-state index in [0.717, 1.165) is 16.4 Å². The second-order valence-corrected chi connectivity index (χ2v) is 6.20. The molecule has 0 fully saturated rings. The number of halogens is 1. The Hall–Kier alpha value is -1.67. The molecule has 0 heterocycles. The number of carbonyl (C=O) groups excluding carboxylic acids is 1. The fourth-order valence-corrected chi connectivity index (χ4v) is 2.90. The lowest BCUT2D eigenvalue weighted by molar-refractivity contribution is -0.140. The van der Waals surface area contributed by atoms with Crippen LogP contribution in [0.15, 0.2) is 23.1 Å². The van der Waals surface area contributed by atoms with Gasteiger partial charge in [-0.25, -0.2) is 17.1 Å². The Morgan fingerprint density at radius 3 is 2.70 bits per heavy atom. The molecule has 0 aliphatic rings. The fraction of sp³-hybridized carbons (Fsp3) is 0.417. The maximum Gasteiger partial charge on any atom is 0.305 e. The summed E-state index contributed by atoms with van der Waals surface area (Å²) < 4.78 is 43.1. The summed E-state index contributed by atoms with van der Waals surface area (Å²) in [6.45, 7) is 0.105. The van der Waals surface area contributed by atoms with E-state index in [0.29, 0.717) is 6.42 Å². The predicted molar refractivity (Wildman–Crippen MR) is 71.9 cm³/mol. The SMILES string of the molecule is COC(=O)CCCN(C)S(=O)(=O)c1cc(F)ccc1N. The number of anilines is 1. The van der Waals surface area contributed by atoms with Crippen molar-refractivity contribution in [3.8, 4) is 0 Å². The molecule has 0 unspecified atom stereocenters. The number of carbonyl (C=O) groups is 1. The predicted octanol–water partition coefficient (Wildman–Crippen LogP) is 0.982. The van der Waals surface area contributed by atoms with Crippen LogP contribution in [0.1, 0.15) is 12.8 Å². The van der Waals surface area contributed by atoms with Crippen LogP contribution in [0.2, 0.25) is 0 Å². The van der Waals surface area contributed by atoms with Crippen molar-refractivity contribution >= 4 is 21.7 Å². The molecule has 112 valence electrons. The molecule has 0 bridgehead atoms. The molecular weight excluding hydrogens is 287 g/mol. The zero-order valence-corrected chi connectivity index (χ0v) is 12.1. The Morgan fingerprint density at radius 1 is 1.45 bits per heavy atom. The van der Waals surface area contributed by atoms with Crippen molar-refractivity contribution in [2.75, 3.05) is 26.4 Å². The van der Waals surface area contributed by atoms with E-state index in [9.17, 15) is 17.6 Å². The minimum absolute atomic E-state index is 0.0220. The van der Waals surface area contributed by atoms with E-state index < -0.39 is 21.8 Å². The Morgan fingerprint density at radius 2 is 2.10 bits per heavy atom. The van der Waals surface area contributed by atoms with Crippen molar-refractivity contribution in [3.63, 3.8) is 0 Å². The second-order valence-electron chi connectivity index (χ2n) is 4.19. The van der Waals surface area contributed by atoms with Gasteiger partial charge in [0.2, 0.25) is 10.0 Å². The van der Waals surface area contributed by atoms with Gasteiger partial charge in [0.1, 0.15) is 10.7 Å².